The predicted molar refractivity (Wildman–Crippen MR) is 64.6 cm³/mol. The van der Waals surface area contributed by atoms with Crippen LogP contribution < -0.4 is 4.74 Å². The van der Waals surface area contributed by atoms with Gasteiger partial charge in [-0.05, 0) is 36.7 Å². The van der Waals surface area contributed by atoms with E-state index in [4.69, 9.17) is 16.3 Å². The highest BCUT2D eigenvalue weighted by Crippen LogP contribution is 2.24. The fourth-order valence-corrected chi connectivity index (χ4v) is 1.99. The number of fused-ring (bicyclic) bond motifs is 3. The van der Waals surface area contributed by atoms with Gasteiger partial charge in [-0.1, -0.05) is 0 Å². The Morgan fingerprint density at radius 1 is 1.29 bits per heavy atom. The molecule has 0 fully saturated rings. The van der Waals surface area contributed by atoms with Gasteiger partial charge in [0.05, 0.1) is 12.6 Å². The lowest BCUT2D eigenvalue weighted by Gasteiger charge is -2.03. The molecule has 0 bridgehead atoms. The van der Waals surface area contributed by atoms with E-state index >= 15 is 0 Å². The number of halogens is 1. The molecular formula is C11H9ClN4O. The van der Waals surface area contributed by atoms with E-state index in [0.717, 1.165) is 16.7 Å². The Morgan fingerprint density at radius 2 is 2.12 bits per heavy atom. The highest BCUT2D eigenvalue weighted by atomic mass is 35.5. The second kappa shape index (κ2) is 3.56. The second-order valence-corrected chi connectivity index (χ2v) is 4.00. The van der Waals surface area contributed by atoms with Crippen molar-refractivity contribution >= 4 is 28.2 Å². The van der Waals surface area contributed by atoms with Crippen molar-refractivity contribution in [2.75, 3.05) is 7.11 Å². The van der Waals surface area contributed by atoms with Crippen LogP contribution >= 0.6 is 11.6 Å². The van der Waals surface area contributed by atoms with Crippen LogP contribution in [0.1, 0.15) is 5.82 Å². The first-order valence-electron chi connectivity index (χ1n) is 5.05. The average molecular weight is 249 g/mol. The van der Waals surface area contributed by atoms with Crippen LogP contribution in [-0.2, 0) is 0 Å². The van der Waals surface area contributed by atoms with E-state index in [2.05, 4.69) is 15.1 Å². The molecule has 0 spiro atoms. The van der Waals surface area contributed by atoms with Crippen molar-refractivity contribution in [3.63, 3.8) is 0 Å². The molecule has 0 atom stereocenters. The van der Waals surface area contributed by atoms with Crippen LogP contribution in [-0.4, -0.2) is 26.7 Å². The molecule has 0 aliphatic carbocycles. The minimum atomic E-state index is 0.304. The van der Waals surface area contributed by atoms with Crippen LogP contribution in [0.3, 0.4) is 0 Å². The van der Waals surface area contributed by atoms with Gasteiger partial charge in [0.1, 0.15) is 11.6 Å². The minimum absolute atomic E-state index is 0.304. The number of rotatable bonds is 1. The van der Waals surface area contributed by atoms with Gasteiger partial charge in [0, 0.05) is 5.39 Å². The van der Waals surface area contributed by atoms with E-state index in [1.165, 1.54) is 4.52 Å². The van der Waals surface area contributed by atoms with Crippen LogP contribution in [0.15, 0.2) is 18.2 Å². The SMILES string of the molecule is COc1ccc2nc(Cl)n3nc(C)nc3c2c1. The van der Waals surface area contributed by atoms with Crippen LogP contribution in [0.5, 0.6) is 5.75 Å². The minimum Gasteiger partial charge on any atom is -0.497 e. The van der Waals surface area contributed by atoms with Gasteiger partial charge in [-0.25, -0.2) is 9.97 Å². The number of nitrogens with zero attached hydrogens (tertiary/aromatic N) is 4. The summed E-state index contributed by atoms with van der Waals surface area (Å²) in [6.45, 7) is 1.81. The van der Waals surface area contributed by atoms with Gasteiger partial charge < -0.3 is 4.74 Å². The average Bonchev–Trinajstić information content (AvgIpc) is 2.72. The molecule has 0 aliphatic rings. The van der Waals surface area contributed by atoms with Gasteiger partial charge in [0.15, 0.2) is 5.65 Å². The Bertz CT molecular complexity index is 722. The zero-order valence-corrected chi connectivity index (χ0v) is 10.1. The summed E-state index contributed by atoms with van der Waals surface area (Å²) < 4.78 is 6.72. The van der Waals surface area contributed by atoms with Crippen LogP contribution in [0.2, 0.25) is 5.28 Å². The fraction of sp³-hybridized carbons (Fsp3) is 0.182. The largest absolute Gasteiger partial charge is 0.497 e. The van der Waals surface area contributed by atoms with Gasteiger partial charge in [-0.2, -0.15) is 4.52 Å². The summed E-state index contributed by atoms with van der Waals surface area (Å²) in [5.41, 5.74) is 1.46. The standard InChI is InChI=1S/C11H9ClN4O/c1-6-13-10-8-5-7(17-2)3-4-9(8)14-11(12)16(10)15-6/h3-5H,1-2H3. The zero-order valence-electron chi connectivity index (χ0n) is 9.31. The van der Waals surface area contributed by atoms with E-state index in [1.54, 1.807) is 7.11 Å². The molecule has 5 nitrogen and oxygen atoms in total. The van der Waals surface area contributed by atoms with Crippen LogP contribution in [0.4, 0.5) is 0 Å². The molecular weight excluding hydrogens is 240 g/mol. The molecule has 86 valence electrons. The lowest BCUT2D eigenvalue weighted by molar-refractivity contribution is 0.415. The molecule has 17 heavy (non-hydrogen) atoms. The van der Waals surface area contributed by atoms with E-state index < -0.39 is 0 Å². The zero-order chi connectivity index (χ0) is 12.0. The third-order valence-corrected chi connectivity index (χ3v) is 2.79. The maximum absolute atomic E-state index is 6.04. The lowest BCUT2D eigenvalue weighted by atomic mass is 10.2. The van der Waals surface area contributed by atoms with Gasteiger partial charge in [-0.3, -0.25) is 0 Å². The normalized spacial score (nSPS) is 11.2. The first-order valence-corrected chi connectivity index (χ1v) is 5.43. The summed E-state index contributed by atoms with van der Waals surface area (Å²) >= 11 is 6.04. The Hall–Kier alpha value is -1.88. The molecule has 3 aromatic rings. The van der Waals surface area contributed by atoms with E-state index in [-0.39, 0.29) is 0 Å². The quantitative estimate of drug-likeness (QED) is 0.620. The Balaban J connectivity index is 2.50. The van der Waals surface area contributed by atoms with Gasteiger partial charge >= 0.3 is 0 Å². The summed E-state index contributed by atoms with van der Waals surface area (Å²) in [6.07, 6.45) is 0. The van der Waals surface area contributed by atoms with E-state index in [1.807, 2.05) is 25.1 Å². The van der Waals surface area contributed by atoms with Gasteiger partial charge in [0.25, 0.3) is 0 Å². The molecule has 0 saturated heterocycles. The third-order valence-electron chi connectivity index (χ3n) is 2.55. The van der Waals surface area contributed by atoms with Gasteiger partial charge in [0.2, 0.25) is 5.28 Å². The Morgan fingerprint density at radius 3 is 2.88 bits per heavy atom. The summed E-state index contributed by atoms with van der Waals surface area (Å²) in [5, 5.41) is 5.36. The van der Waals surface area contributed by atoms with Crippen molar-refractivity contribution in [3.05, 3.63) is 29.3 Å². The van der Waals surface area contributed by atoms with E-state index in [9.17, 15) is 0 Å². The first-order chi connectivity index (χ1) is 8.19. The molecule has 1 aromatic carbocycles. The van der Waals surface area contributed by atoms with Crippen molar-refractivity contribution in [1.82, 2.24) is 19.6 Å². The summed E-state index contributed by atoms with van der Waals surface area (Å²) in [7, 11) is 1.62. The molecule has 0 unspecified atom stereocenters. The molecule has 0 aliphatic heterocycles. The summed E-state index contributed by atoms with van der Waals surface area (Å²) in [4.78, 5) is 8.61. The predicted octanol–water partition coefficient (Wildman–Crippen LogP) is 2.25. The highest BCUT2D eigenvalue weighted by Gasteiger charge is 2.10. The Labute approximate surface area is 102 Å². The lowest BCUT2D eigenvalue weighted by Crippen LogP contribution is -1.95. The van der Waals surface area contributed by atoms with Crippen LogP contribution in [0.25, 0.3) is 16.6 Å². The van der Waals surface area contributed by atoms with Crippen molar-refractivity contribution < 1.29 is 4.74 Å². The molecule has 0 N–H and O–H groups in total. The maximum Gasteiger partial charge on any atom is 0.226 e. The number of aryl methyl sites for hydroxylation is 1. The molecule has 0 amide bonds. The summed E-state index contributed by atoms with van der Waals surface area (Å²) in [6, 6.07) is 5.57. The molecule has 6 heteroatoms. The molecule has 0 saturated carbocycles. The Kier molecular flexibility index (Phi) is 2.16. The molecule has 2 heterocycles. The van der Waals surface area contributed by atoms with Crippen molar-refractivity contribution in [3.8, 4) is 5.75 Å². The molecule has 0 radical (unpaired) electrons. The molecule has 3 rings (SSSR count). The monoisotopic (exact) mass is 248 g/mol. The van der Waals surface area contributed by atoms with Crippen LogP contribution in [0, 0.1) is 6.92 Å². The number of hydrogen-bond acceptors (Lipinski definition) is 4. The number of benzene rings is 1. The smallest absolute Gasteiger partial charge is 0.226 e. The topological polar surface area (TPSA) is 52.3 Å². The van der Waals surface area contributed by atoms with Gasteiger partial charge in [-0.15, -0.1) is 5.10 Å². The highest BCUT2D eigenvalue weighted by molar-refractivity contribution is 6.29. The number of aromatic nitrogens is 4. The van der Waals surface area contributed by atoms with Crippen molar-refractivity contribution in [2.45, 2.75) is 6.92 Å². The first kappa shape index (κ1) is 10.3. The third kappa shape index (κ3) is 1.51. The number of methoxy groups -OCH3 is 1. The number of hydrogen-bond donors (Lipinski definition) is 0. The van der Waals surface area contributed by atoms with Crippen molar-refractivity contribution in [2.24, 2.45) is 0 Å². The van der Waals surface area contributed by atoms with E-state index in [0.29, 0.717) is 16.8 Å². The van der Waals surface area contributed by atoms with Crippen molar-refractivity contribution in [1.29, 1.82) is 0 Å². The number of ether oxygens (including phenoxy) is 1. The second-order valence-electron chi connectivity index (χ2n) is 3.66. The summed E-state index contributed by atoms with van der Waals surface area (Å²) in [5.74, 6) is 1.41. The molecule has 2 aromatic heterocycles. The fourth-order valence-electron chi connectivity index (χ4n) is 1.78. The maximum atomic E-state index is 6.04.